The highest BCUT2D eigenvalue weighted by atomic mass is 16.1. The number of hydrogen-bond acceptors (Lipinski definition) is 2. The Balaban J connectivity index is 2.04. The molecule has 0 bridgehead atoms. The molecular weight excluding hydrogens is 176 g/mol. The number of carbonyl (C=O) groups excluding carboxylic acids is 1. The molecule has 14 heavy (non-hydrogen) atoms. The first-order chi connectivity index (χ1) is 6.72. The van der Waals surface area contributed by atoms with Crippen molar-refractivity contribution in [3.8, 4) is 0 Å². The van der Waals surface area contributed by atoms with Gasteiger partial charge in [0.2, 0.25) is 5.91 Å². The number of rotatable bonds is 7. The van der Waals surface area contributed by atoms with Crippen molar-refractivity contribution in [3.05, 3.63) is 0 Å². The van der Waals surface area contributed by atoms with Crippen LogP contribution in [-0.2, 0) is 4.79 Å². The molecule has 0 aliphatic heterocycles. The lowest BCUT2D eigenvalue weighted by molar-refractivity contribution is -0.122. The van der Waals surface area contributed by atoms with Gasteiger partial charge in [-0.1, -0.05) is 26.2 Å². The number of nitrogens with two attached hydrogens (primary N) is 1. The topological polar surface area (TPSA) is 55.1 Å². The maximum atomic E-state index is 11.5. The van der Waals surface area contributed by atoms with E-state index in [1.807, 2.05) is 0 Å². The van der Waals surface area contributed by atoms with E-state index in [2.05, 4.69) is 12.2 Å². The third kappa shape index (κ3) is 3.66. The van der Waals surface area contributed by atoms with E-state index in [4.69, 9.17) is 5.73 Å². The van der Waals surface area contributed by atoms with Crippen molar-refractivity contribution in [1.29, 1.82) is 0 Å². The molecule has 0 spiro atoms. The van der Waals surface area contributed by atoms with Crippen LogP contribution in [0.5, 0.6) is 0 Å². The molecule has 0 heterocycles. The predicted molar refractivity (Wildman–Crippen MR) is 57.9 cm³/mol. The van der Waals surface area contributed by atoms with Crippen molar-refractivity contribution < 1.29 is 4.79 Å². The van der Waals surface area contributed by atoms with Gasteiger partial charge >= 0.3 is 0 Å². The Morgan fingerprint density at radius 1 is 1.36 bits per heavy atom. The molecule has 1 saturated carbocycles. The van der Waals surface area contributed by atoms with Crippen molar-refractivity contribution in [2.75, 3.05) is 6.54 Å². The molecule has 1 aliphatic carbocycles. The molecule has 0 aromatic heterocycles. The van der Waals surface area contributed by atoms with Crippen LogP contribution in [0.4, 0.5) is 0 Å². The van der Waals surface area contributed by atoms with Crippen molar-refractivity contribution in [2.45, 2.75) is 57.4 Å². The minimum atomic E-state index is -0.0121. The Morgan fingerprint density at radius 2 is 2.07 bits per heavy atom. The second kappa shape index (κ2) is 5.35. The number of unbranched alkanes of at least 4 members (excludes halogenated alkanes) is 3. The molecular formula is C11H22N2O. The Bertz CT molecular complexity index is 188. The van der Waals surface area contributed by atoms with E-state index in [-0.39, 0.29) is 11.4 Å². The van der Waals surface area contributed by atoms with Gasteiger partial charge in [-0.15, -0.1) is 0 Å². The van der Waals surface area contributed by atoms with Gasteiger partial charge in [0.1, 0.15) is 0 Å². The summed E-state index contributed by atoms with van der Waals surface area (Å²) in [5.74, 6) is 0.184. The first kappa shape index (κ1) is 11.5. The number of hydrogen-bond donors (Lipinski definition) is 2. The predicted octanol–water partition coefficient (Wildman–Crippen LogP) is 1.56. The van der Waals surface area contributed by atoms with E-state index in [0.717, 1.165) is 19.3 Å². The molecule has 0 atom stereocenters. The summed E-state index contributed by atoms with van der Waals surface area (Å²) in [7, 11) is 0. The van der Waals surface area contributed by atoms with Gasteiger partial charge in [0.05, 0.1) is 5.54 Å². The minimum absolute atomic E-state index is 0.0121. The zero-order chi connectivity index (χ0) is 10.4. The smallest absolute Gasteiger partial charge is 0.220 e. The summed E-state index contributed by atoms with van der Waals surface area (Å²) in [4.78, 5) is 11.5. The molecule has 0 aromatic carbocycles. The van der Waals surface area contributed by atoms with Crippen molar-refractivity contribution in [2.24, 2.45) is 5.73 Å². The molecule has 3 N–H and O–H groups in total. The van der Waals surface area contributed by atoms with Gasteiger partial charge in [-0.3, -0.25) is 4.79 Å². The Hall–Kier alpha value is -0.570. The van der Waals surface area contributed by atoms with Crippen molar-refractivity contribution in [1.82, 2.24) is 5.32 Å². The van der Waals surface area contributed by atoms with Crippen LogP contribution in [0.25, 0.3) is 0 Å². The Labute approximate surface area is 86.4 Å². The van der Waals surface area contributed by atoms with Gasteiger partial charge in [-0.05, 0) is 19.3 Å². The third-order valence-corrected chi connectivity index (χ3v) is 2.91. The summed E-state index contributed by atoms with van der Waals surface area (Å²) in [6.45, 7) is 2.77. The third-order valence-electron chi connectivity index (χ3n) is 2.91. The van der Waals surface area contributed by atoms with Gasteiger partial charge < -0.3 is 11.1 Å². The monoisotopic (exact) mass is 198 g/mol. The molecule has 0 unspecified atom stereocenters. The SMILES string of the molecule is CCCCCCC(=O)NC1(CN)CC1. The zero-order valence-electron chi connectivity index (χ0n) is 9.14. The normalized spacial score (nSPS) is 17.9. The minimum Gasteiger partial charge on any atom is -0.349 e. The average Bonchev–Trinajstić information content (AvgIpc) is 2.93. The first-order valence-corrected chi connectivity index (χ1v) is 5.73. The summed E-state index contributed by atoms with van der Waals surface area (Å²) in [5, 5.41) is 3.03. The molecule has 3 heteroatoms. The van der Waals surface area contributed by atoms with E-state index in [0.29, 0.717) is 13.0 Å². The van der Waals surface area contributed by atoms with E-state index >= 15 is 0 Å². The molecule has 0 aromatic rings. The van der Waals surface area contributed by atoms with Crippen LogP contribution in [0.15, 0.2) is 0 Å². The molecule has 0 saturated heterocycles. The Morgan fingerprint density at radius 3 is 2.57 bits per heavy atom. The van der Waals surface area contributed by atoms with Crippen molar-refractivity contribution >= 4 is 5.91 Å². The van der Waals surface area contributed by atoms with Crippen LogP contribution in [0.1, 0.15) is 51.9 Å². The van der Waals surface area contributed by atoms with E-state index in [9.17, 15) is 4.79 Å². The molecule has 1 aliphatic rings. The van der Waals surface area contributed by atoms with Gasteiger partial charge in [0, 0.05) is 13.0 Å². The molecule has 82 valence electrons. The molecule has 1 amide bonds. The standard InChI is InChI=1S/C11H22N2O/c1-2-3-4-5-6-10(14)13-11(9-12)7-8-11/h2-9,12H2,1H3,(H,13,14). The largest absolute Gasteiger partial charge is 0.349 e. The van der Waals surface area contributed by atoms with Crippen molar-refractivity contribution in [3.63, 3.8) is 0 Å². The van der Waals surface area contributed by atoms with E-state index in [1.165, 1.54) is 19.3 Å². The lowest BCUT2D eigenvalue weighted by Crippen LogP contribution is -2.42. The zero-order valence-corrected chi connectivity index (χ0v) is 9.14. The van der Waals surface area contributed by atoms with Crippen LogP contribution < -0.4 is 11.1 Å². The first-order valence-electron chi connectivity index (χ1n) is 5.73. The fraction of sp³-hybridized carbons (Fsp3) is 0.909. The van der Waals surface area contributed by atoms with Gasteiger partial charge in [0.15, 0.2) is 0 Å². The number of carbonyl (C=O) groups is 1. The number of nitrogens with one attached hydrogen (secondary N) is 1. The maximum absolute atomic E-state index is 11.5. The van der Waals surface area contributed by atoms with E-state index in [1.54, 1.807) is 0 Å². The van der Waals surface area contributed by atoms with Gasteiger partial charge in [-0.25, -0.2) is 0 Å². The summed E-state index contributed by atoms with van der Waals surface area (Å²) >= 11 is 0. The Kier molecular flexibility index (Phi) is 4.39. The van der Waals surface area contributed by atoms with Crippen LogP contribution in [0.3, 0.4) is 0 Å². The van der Waals surface area contributed by atoms with Gasteiger partial charge in [0.25, 0.3) is 0 Å². The van der Waals surface area contributed by atoms with Crippen LogP contribution >= 0.6 is 0 Å². The molecule has 1 rings (SSSR count). The lowest BCUT2D eigenvalue weighted by atomic mass is 10.1. The highest BCUT2D eigenvalue weighted by molar-refractivity contribution is 5.77. The summed E-state index contributed by atoms with van der Waals surface area (Å²) < 4.78 is 0. The average molecular weight is 198 g/mol. The van der Waals surface area contributed by atoms with Crippen LogP contribution in [0, 0.1) is 0 Å². The molecule has 0 radical (unpaired) electrons. The quantitative estimate of drug-likeness (QED) is 0.610. The maximum Gasteiger partial charge on any atom is 0.220 e. The lowest BCUT2D eigenvalue weighted by Gasteiger charge is -2.14. The second-order valence-electron chi connectivity index (χ2n) is 4.34. The van der Waals surface area contributed by atoms with E-state index < -0.39 is 0 Å². The molecule has 1 fully saturated rings. The number of amides is 1. The summed E-state index contributed by atoms with van der Waals surface area (Å²) in [5.41, 5.74) is 5.57. The van der Waals surface area contributed by atoms with Gasteiger partial charge in [-0.2, -0.15) is 0 Å². The summed E-state index contributed by atoms with van der Waals surface area (Å²) in [6, 6.07) is 0. The van der Waals surface area contributed by atoms with Crippen LogP contribution in [-0.4, -0.2) is 18.0 Å². The fourth-order valence-electron chi connectivity index (χ4n) is 1.60. The summed E-state index contributed by atoms with van der Waals surface area (Å²) in [6.07, 6.45) is 7.42. The highest BCUT2D eigenvalue weighted by Crippen LogP contribution is 2.33. The fourth-order valence-corrected chi connectivity index (χ4v) is 1.60. The highest BCUT2D eigenvalue weighted by Gasteiger charge is 2.42. The molecule has 3 nitrogen and oxygen atoms in total. The second-order valence-corrected chi connectivity index (χ2v) is 4.34. The van der Waals surface area contributed by atoms with Crippen LogP contribution in [0.2, 0.25) is 0 Å².